The highest BCUT2D eigenvalue weighted by Crippen LogP contribution is 2.22. The number of hydrogen-bond acceptors (Lipinski definition) is 2. The molecule has 84 valence electrons. The minimum atomic E-state index is 0.0277. The molecule has 1 aromatic rings. The van der Waals surface area contributed by atoms with Gasteiger partial charge in [-0.1, -0.05) is 36.8 Å². The summed E-state index contributed by atoms with van der Waals surface area (Å²) in [5.41, 5.74) is 8.50. The van der Waals surface area contributed by atoms with E-state index in [0.717, 1.165) is 6.42 Å². The highest BCUT2D eigenvalue weighted by atomic mass is 16.5. The van der Waals surface area contributed by atoms with Crippen molar-refractivity contribution in [2.24, 2.45) is 5.73 Å². The van der Waals surface area contributed by atoms with Gasteiger partial charge in [0.15, 0.2) is 0 Å². The molecule has 0 aromatic heterocycles. The minimum Gasteiger partial charge on any atom is -0.372 e. The third-order valence-corrected chi connectivity index (χ3v) is 2.58. The summed E-state index contributed by atoms with van der Waals surface area (Å²) in [6.07, 6.45) is 0.957. The van der Waals surface area contributed by atoms with Gasteiger partial charge in [-0.25, -0.2) is 0 Å². The Morgan fingerprint density at radius 2 is 2.07 bits per heavy atom. The summed E-state index contributed by atoms with van der Waals surface area (Å²) in [6, 6.07) is 8.45. The lowest BCUT2D eigenvalue weighted by Gasteiger charge is -2.23. The van der Waals surface area contributed by atoms with Gasteiger partial charge in [-0.2, -0.15) is 0 Å². The van der Waals surface area contributed by atoms with E-state index in [4.69, 9.17) is 10.5 Å². The molecule has 0 bridgehead atoms. The minimum absolute atomic E-state index is 0.0277. The van der Waals surface area contributed by atoms with Gasteiger partial charge in [-0.05, 0) is 25.8 Å². The van der Waals surface area contributed by atoms with E-state index in [2.05, 4.69) is 38.1 Å². The zero-order valence-electron chi connectivity index (χ0n) is 9.86. The molecule has 2 heteroatoms. The lowest BCUT2D eigenvalue weighted by molar-refractivity contribution is 0.0423. The van der Waals surface area contributed by atoms with Crippen molar-refractivity contribution in [1.29, 1.82) is 0 Å². The van der Waals surface area contributed by atoms with Gasteiger partial charge in [0, 0.05) is 12.6 Å². The third-order valence-electron chi connectivity index (χ3n) is 2.58. The monoisotopic (exact) mass is 207 g/mol. The molecule has 0 radical (unpaired) electrons. The normalized spacial score (nSPS) is 14.9. The molecular formula is C13H21NO. The van der Waals surface area contributed by atoms with Crippen LogP contribution in [0, 0.1) is 6.92 Å². The Labute approximate surface area is 92.4 Å². The van der Waals surface area contributed by atoms with Gasteiger partial charge in [-0.15, -0.1) is 0 Å². The van der Waals surface area contributed by atoms with Gasteiger partial charge in [0.1, 0.15) is 0 Å². The first-order valence-corrected chi connectivity index (χ1v) is 5.62. The van der Waals surface area contributed by atoms with Crippen molar-refractivity contribution in [3.8, 4) is 0 Å². The molecule has 0 saturated heterocycles. The van der Waals surface area contributed by atoms with Crippen LogP contribution in [0.5, 0.6) is 0 Å². The van der Waals surface area contributed by atoms with Gasteiger partial charge in [0.2, 0.25) is 0 Å². The van der Waals surface area contributed by atoms with Crippen LogP contribution in [-0.2, 0) is 4.74 Å². The predicted molar refractivity (Wildman–Crippen MR) is 63.8 cm³/mol. The number of ether oxygens (including phenoxy) is 1. The molecule has 0 saturated carbocycles. The SMILES string of the molecule is CCOC(c1cccc(C)c1)C(N)CC. The second kappa shape index (κ2) is 5.89. The van der Waals surface area contributed by atoms with Crippen LogP contribution in [0.15, 0.2) is 24.3 Å². The highest BCUT2D eigenvalue weighted by molar-refractivity contribution is 5.25. The van der Waals surface area contributed by atoms with Crippen molar-refractivity contribution in [1.82, 2.24) is 0 Å². The van der Waals surface area contributed by atoms with Gasteiger partial charge >= 0.3 is 0 Å². The molecule has 2 atom stereocenters. The predicted octanol–water partition coefficient (Wildman–Crippen LogP) is 2.81. The van der Waals surface area contributed by atoms with E-state index in [0.29, 0.717) is 6.61 Å². The summed E-state index contributed by atoms with van der Waals surface area (Å²) >= 11 is 0. The first kappa shape index (κ1) is 12.2. The van der Waals surface area contributed by atoms with Gasteiger partial charge in [-0.3, -0.25) is 0 Å². The Hall–Kier alpha value is -0.860. The molecule has 0 spiro atoms. The summed E-state index contributed by atoms with van der Waals surface area (Å²) in [5.74, 6) is 0. The first-order valence-electron chi connectivity index (χ1n) is 5.62. The van der Waals surface area contributed by atoms with Crippen LogP contribution in [0.25, 0.3) is 0 Å². The number of aryl methyl sites for hydroxylation is 1. The topological polar surface area (TPSA) is 35.2 Å². The van der Waals surface area contributed by atoms with Crippen LogP contribution in [0.1, 0.15) is 37.5 Å². The van der Waals surface area contributed by atoms with Gasteiger partial charge < -0.3 is 10.5 Å². The molecule has 0 fully saturated rings. The van der Waals surface area contributed by atoms with Gasteiger partial charge in [0.25, 0.3) is 0 Å². The molecule has 2 nitrogen and oxygen atoms in total. The molecule has 0 amide bonds. The fraction of sp³-hybridized carbons (Fsp3) is 0.538. The molecule has 1 aromatic carbocycles. The van der Waals surface area contributed by atoms with Gasteiger partial charge in [0.05, 0.1) is 6.10 Å². The van der Waals surface area contributed by atoms with Crippen molar-refractivity contribution >= 4 is 0 Å². The average Bonchev–Trinajstić information content (AvgIpc) is 2.25. The zero-order chi connectivity index (χ0) is 11.3. The Bertz CT molecular complexity index is 298. The summed E-state index contributed by atoms with van der Waals surface area (Å²) in [4.78, 5) is 0. The van der Waals surface area contributed by atoms with E-state index in [1.807, 2.05) is 6.92 Å². The van der Waals surface area contributed by atoms with Crippen LogP contribution in [0.3, 0.4) is 0 Å². The van der Waals surface area contributed by atoms with E-state index in [-0.39, 0.29) is 12.1 Å². The molecule has 0 aliphatic carbocycles. The van der Waals surface area contributed by atoms with E-state index >= 15 is 0 Å². The number of hydrogen-bond donors (Lipinski definition) is 1. The first-order chi connectivity index (χ1) is 7.19. The van der Waals surface area contributed by atoms with E-state index in [1.165, 1.54) is 11.1 Å². The molecular weight excluding hydrogens is 186 g/mol. The average molecular weight is 207 g/mol. The van der Waals surface area contributed by atoms with Crippen molar-refractivity contribution in [2.45, 2.75) is 39.3 Å². The molecule has 2 N–H and O–H groups in total. The standard InChI is InChI=1S/C13H21NO/c1-4-12(14)13(15-5-2)11-8-6-7-10(3)9-11/h6-9,12-13H,4-5,14H2,1-3H3. The maximum absolute atomic E-state index is 6.06. The zero-order valence-corrected chi connectivity index (χ0v) is 9.86. The second-order valence-electron chi connectivity index (χ2n) is 3.86. The maximum atomic E-state index is 6.06. The van der Waals surface area contributed by atoms with Crippen molar-refractivity contribution in [3.63, 3.8) is 0 Å². The van der Waals surface area contributed by atoms with Crippen LogP contribution >= 0.6 is 0 Å². The summed E-state index contributed by atoms with van der Waals surface area (Å²) in [5, 5.41) is 0. The summed E-state index contributed by atoms with van der Waals surface area (Å²) < 4.78 is 5.71. The number of nitrogens with two attached hydrogens (primary N) is 1. The van der Waals surface area contributed by atoms with E-state index in [1.54, 1.807) is 0 Å². The molecule has 0 heterocycles. The Kier molecular flexibility index (Phi) is 4.79. The Morgan fingerprint density at radius 3 is 2.60 bits per heavy atom. The van der Waals surface area contributed by atoms with Crippen LogP contribution in [0.2, 0.25) is 0 Å². The maximum Gasteiger partial charge on any atom is 0.0975 e. The van der Waals surface area contributed by atoms with Crippen LogP contribution < -0.4 is 5.73 Å². The lowest BCUT2D eigenvalue weighted by atomic mass is 9.99. The largest absolute Gasteiger partial charge is 0.372 e. The molecule has 15 heavy (non-hydrogen) atoms. The van der Waals surface area contributed by atoms with Crippen molar-refractivity contribution in [2.75, 3.05) is 6.61 Å². The number of benzene rings is 1. The highest BCUT2D eigenvalue weighted by Gasteiger charge is 2.18. The summed E-state index contributed by atoms with van der Waals surface area (Å²) in [7, 11) is 0. The number of rotatable bonds is 5. The van der Waals surface area contributed by atoms with Crippen molar-refractivity contribution < 1.29 is 4.74 Å². The van der Waals surface area contributed by atoms with Crippen LogP contribution in [-0.4, -0.2) is 12.6 Å². The molecule has 0 aliphatic heterocycles. The Balaban J connectivity index is 2.88. The molecule has 1 rings (SSSR count). The quantitative estimate of drug-likeness (QED) is 0.805. The third kappa shape index (κ3) is 3.33. The lowest BCUT2D eigenvalue weighted by Crippen LogP contribution is -2.29. The molecule has 0 aliphatic rings. The Morgan fingerprint density at radius 1 is 1.33 bits per heavy atom. The molecule has 2 unspecified atom stereocenters. The van der Waals surface area contributed by atoms with Crippen molar-refractivity contribution in [3.05, 3.63) is 35.4 Å². The summed E-state index contributed by atoms with van der Waals surface area (Å²) in [6.45, 7) is 6.88. The second-order valence-corrected chi connectivity index (χ2v) is 3.86. The fourth-order valence-corrected chi connectivity index (χ4v) is 1.71. The van der Waals surface area contributed by atoms with E-state index < -0.39 is 0 Å². The fourth-order valence-electron chi connectivity index (χ4n) is 1.71. The van der Waals surface area contributed by atoms with E-state index in [9.17, 15) is 0 Å². The van der Waals surface area contributed by atoms with Crippen LogP contribution in [0.4, 0.5) is 0 Å². The smallest absolute Gasteiger partial charge is 0.0975 e.